The number of nitrogens with zero attached hydrogens (tertiary/aromatic N) is 1. The van der Waals surface area contributed by atoms with Crippen LogP contribution in [0.3, 0.4) is 0 Å². The Morgan fingerprint density at radius 3 is 2.71 bits per heavy atom. The van der Waals surface area contributed by atoms with E-state index in [4.69, 9.17) is 17.3 Å². The van der Waals surface area contributed by atoms with Crippen LogP contribution < -0.4 is 11.1 Å². The van der Waals surface area contributed by atoms with Gasteiger partial charge in [-0.05, 0) is 31.2 Å². The number of benzene rings is 1. The summed E-state index contributed by atoms with van der Waals surface area (Å²) in [6.07, 6.45) is 0. The van der Waals surface area contributed by atoms with Gasteiger partial charge in [-0.3, -0.25) is 14.9 Å². The van der Waals surface area contributed by atoms with Crippen molar-refractivity contribution in [2.45, 2.75) is 13.0 Å². The summed E-state index contributed by atoms with van der Waals surface area (Å²) in [4.78, 5) is 23.4. The molecule has 1 aromatic heterocycles. The summed E-state index contributed by atoms with van der Waals surface area (Å²) < 4.78 is 0.612. The second kappa shape index (κ2) is 6.11. The van der Waals surface area contributed by atoms with E-state index in [9.17, 15) is 14.9 Å². The predicted octanol–water partition coefficient (Wildman–Crippen LogP) is 3.38. The van der Waals surface area contributed by atoms with Gasteiger partial charge in [-0.15, -0.1) is 11.3 Å². The Labute approximate surface area is 129 Å². The number of nitrogen functional groups attached to an aromatic ring is 1. The fourth-order valence-corrected chi connectivity index (χ4v) is 2.86. The minimum absolute atomic E-state index is 0.0606. The van der Waals surface area contributed by atoms with Crippen LogP contribution in [0.2, 0.25) is 4.34 Å². The van der Waals surface area contributed by atoms with Gasteiger partial charge in [0, 0.05) is 16.6 Å². The first kappa shape index (κ1) is 15.3. The van der Waals surface area contributed by atoms with Crippen LogP contribution in [0.5, 0.6) is 0 Å². The van der Waals surface area contributed by atoms with Crippen molar-refractivity contribution in [2.75, 3.05) is 5.73 Å². The van der Waals surface area contributed by atoms with Crippen molar-refractivity contribution in [1.82, 2.24) is 5.32 Å². The van der Waals surface area contributed by atoms with E-state index in [1.54, 1.807) is 19.1 Å². The van der Waals surface area contributed by atoms with Gasteiger partial charge >= 0.3 is 0 Å². The van der Waals surface area contributed by atoms with Crippen molar-refractivity contribution in [3.63, 3.8) is 0 Å². The molecule has 1 unspecified atom stereocenters. The third-order valence-corrected chi connectivity index (χ3v) is 4.24. The number of halogens is 1. The summed E-state index contributed by atoms with van der Waals surface area (Å²) >= 11 is 7.18. The molecule has 1 heterocycles. The summed E-state index contributed by atoms with van der Waals surface area (Å²) in [5, 5.41) is 13.7. The van der Waals surface area contributed by atoms with Crippen LogP contribution in [0.4, 0.5) is 11.4 Å². The number of nitro benzene ring substituents is 1. The Morgan fingerprint density at radius 1 is 1.43 bits per heavy atom. The number of nitro groups is 1. The molecule has 0 spiro atoms. The number of nitrogens with one attached hydrogen (secondary N) is 1. The fraction of sp³-hybridized carbons (Fsp3) is 0.154. The molecule has 0 aliphatic rings. The SMILES string of the molecule is CC(NC(=O)c1cc(N)ccc1[N+](=O)[O-])c1ccc(Cl)s1. The molecule has 1 amide bonds. The summed E-state index contributed by atoms with van der Waals surface area (Å²) in [5.41, 5.74) is 5.54. The van der Waals surface area contributed by atoms with E-state index in [0.29, 0.717) is 4.34 Å². The molecular weight excluding hydrogens is 314 g/mol. The highest BCUT2D eigenvalue weighted by atomic mass is 35.5. The lowest BCUT2D eigenvalue weighted by atomic mass is 10.1. The first-order chi connectivity index (χ1) is 9.88. The zero-order chi connectivity index (χ0) is 15.6. The van der Waals surface area contributed by atoms with Crippen molar-refractivity contribution in [3.8, 4) is 0 Å². The maximum atomic E-state index is 12.2. The molecule has 1 atom stereocenters. The molecule has 0 bridgehead atoms. The normalized spacial score (nSPS) is 11.9. The topological polar surface area (TPSA) is 98.3 Å². The Balaban J connectivity index is 2.24. The summed E-state index contributed by atoms with van der Waals surface area (Å²) in [6, 6.07) is 7.12. The zero-order valence-electron chi connectivity index (χ0n) is 11.0. The molecule has 0 radical (unpaired) electrons. The van der Waals surface area contributed by atoms with E-state index in [-0.39, 0.29) is 23.0 Å². The molecule has 21 heavy (non-hydrogen) atoms. The van der Waals surface area contributed by atoms with E-state index >= 15 is 0 Å². The molecule has 0 saturated carbocycles. The maximum absolute atomic E-state index is 12.2. The van der Waals surface area contributed by atoms with Crippen molar-refractivity contribution >= 4 is 40.2 Å². The van der Waals surface area contributed by atoms with E-state index in [2.05, 4.69) is 5.32 Å². The molecule has 0 aliphatic carbocycles. The largest absolute Gasteiger partial charge is 0.399 e. The average Bonchev–Trinajstić information content (AvgIpc) is 2.85. The number of carbonyl (C=O) groups excluding carboxylic acids is 1. The van der Waals surface area contributed by atoms with E-state index in [1.807, 2.05) is 0 Å². The highest BCUT2D eigenvalue weighted by Crippen LogP contribution is 2.27. The molecule has 6 nitrogen and oxygen atoms in total. The maximum Gasteiger partial charge on any atom is 0.282 e. The van der Waals surface area contributed by atoms with Gasteiger partial charge in [-0.2, -0.15) is 0 Å². The van der Waals surface area contributed by atoms with Crippen LogP contribution in [0.1, 0.15) is 28.2 Å². The number of thiophene rings is 1. The van der Waals surface area contributed by atoms with Crippen LogP contribution in [0.15, 0.2) is 30.3 Å². The standard InChI is InChI=1S/C13H12ClN3O3S/c1-7(11-4-5-12(14)21-11)16-13(18)9-6-8(15)2-3-10(9)17(19)20/h2-7H,15H2,1H3,(H,16,18). The van der Waals surface area contributed by atoms with Crippen molar-refractivity contribution < 1.29 is 9.72 Å². The predicted molar refractivity (Wildman–Crippen MR) is 82.7 cm³/mol. The highest BCUT2D eigenvalue weighted by molar-refractivity contribution is 7.16. The molecule has 0 aliphatic heterocycles. The molecule has 2 aromatic rings. The van der Waals surface area contributed by atoms with Crippen LogP contribution in [0, 0.1) is 10.1 Å². The summed E-state index contributed by atoms with van der Waals surface area (Å²) in [5.74, 6) is -0.550. The minimum Gasteiger partial charge on any atom is -0.399 e. The quantitative estimate of drug-likeness (QED) is 0.511. The zero-order valence-corrected chi connectivity index (χ0v) is 12.6. The van der Waals surface area contributed by atoms with Crippen LogP contribution in [-0.2, 0) is 0 Å². The van der Waals surface area contributed by atoms with Crippen LogP contribution in [-0.4, -0.2) is 10.8 Å². The van der Waals surface area contributed by atoms with Gasteiger partial charge in [0.15, 0.2) is 0 Å². The number of hydrogen-bond donors (Lipinski definition) is 2. The fourth-order valence-electron chi connectivity index (χ4n) is 1.80. The van der Waals surface area contributed by atoms with Gasteiger partial charge in [-0.1, -0.05) is 11.6 Å². The van der Waals surface area contributed by atoms with Gasteiger partial charge in [0.2, 0.25) is 0 Å². The van der Waals surface area contributed by atoms with Gasteiger partial charge in [0.1, 0.15) is 5.56 Å². The van der Waals surface area contributed by atoms with Gasteiger partial charge in [0.25, 0.3) is 11.6 Å². The van der Waals surface area contributed by atoms with Crippen molar-refractivity contribution in [3.05, 3.63) is 55.2 Å². The molecule has 3 N–H and O–H groups in total. The Bertz CT molecular complexity index is 702. The second-order valence-corrected chi connectivity index (χ2v) is 6.12. The van der Waals surface area contributed by atoms with E-state index in [1.165, 1.54) is 29.5 Å². The average molecular weight is 326 g/mol. The minimum atomic E-state index is -0.610. The number of anilines is 1. The van der Waals surface area contributed by atoms with Crippen molar-refractivity contribution in [1.29, 1.82) is 0 Å². The third kappa shape index (κ3) is 3.50. The second-order valence-electron chi connectivity index (χ2n) is 4.37. The highest BCUT2D eigenvalue weighted by Gasteiger charge is 2.22. The lowest BCUT2D eigenvalue weighted by molar-refractivity contribution is -0.385. The monoisotopic (exact) mass is 325 g/mol. The molecule has 0 fully saturated rings. The first-order valence-corrected chi connectivity index (χ1v) is 7.18. The molecule has 110 valence electrons. The summed E-state index contributed by atoms with van der Waals surface area (Å²) in [7, 11) is 0. The molecular formula is C13H12ClN3O3S. The van der Waals surface area contributed by atoms with E-state index in [0.717, 1.165) is 4.88 Å². The van der Waals surface area contributed by atoms with Gasteiger partial charge in [0.05, 0.1) is 15.3 Å². The smallest absolute Gasteiger partial charge is 0.282 e. The Kier molecular flexibility index (Phi) is 4.44. The number of amides is 1. The van der Waals surface area contributed by atoms with Crippen LogP contribution in [0.25, 0.3) is 0 Å². The van der Waals surface area contributed by atoms with Crippen molar-refractivity contribution in [2.24, 2.45) is 0 Å². The third-order valence-electron chi connectivity index (χ3n) is 2.83. The number of carbonyl (C=O) groups is 1. The van der Waals surface area contributed by atoms with E-state index < -0.39 is 10.8 Å². The van der Waals surface area contributed by atoms with Gasteiger partial charge < -0.3 is 11.1 Å². The molecule has 2 rings (SSSR count). The van der Waals surface area contributed by atoms with Crippen LogP contribution >= 0.6 is 22.9 Å². The molecule has 8 heteroatoms. The number of hydrogen-bond acceptors (Lipinski definition) is 5. The Hall–Kier alpha value is -2.12. The lowest BCUT2D eigenvalue weighted by Crippen LogP contribution is -2.26. The number of nitrogens with two attached hydrogens (primary N) is 1. The molecule has 0 saturated heterocycles. The number of rotatable bonds is 4. The summed E-state index contributed by atoms with van der Waals surface area (Å²) in [6.45, 7) is 1.78. The lowest BCUT2D eigenvalue weighted by Gasteiger charge is -2.12. The Morgan fingerprint density at radius 2 is 2.14 bits per heavy atom. The van der Waals surface area contributed by atoms with Gasteiger partial charge in [-0.25, -0.2) is 0 Å². The first-order valence-electron chi connectivity index (χ1n) is 5.98. The molecule has 1 aromatic carbocycles.